The van der Waals surface area contributed by atoms with Gasteiger partial charge in [0, 0.05) is 18.6 Å². The molecule has 0 fully saturated rings. The summed E-state index contributed by atoms with van der Waals surface area (Å²) < 4.78 is 38.8. The molecule has 1 aromatic rings. The van der Waals surface area contributed by atoms with E-state index in [9.17, 15) is 27.6 Å². The van der Waals surface area contributed by atoms with Crippen LogP contribution in [-0.4, -0.2) is 67.4 Å². The largest absolute Gasteiger partial charge is 0.401 e. The molecule has 0 N–H and O–H groups in total. The van der Waals surface area contributed by atoms with Crippen molar-refractivity contribution in [1.29, 1.82) is 0 Å². The number of benzene rings is 1. The van der Waals surface area contributed by atoms with Gasteiger partial charge in [-0.3, -0.25) is 24.2 Å². The van der Waals surface area contributed by atoms with E-state index < -0.39 is 43.5 Å². The van der Waals surface area contributed by atoms with Crippen molar-refractivity contribution in [3.8, 4) is 0 Å². The second-order valence-electron chi connectivity index (χ2n) is 5.73. The lowest BCUT2D eigenvalue weighted by atomic mass is 10.1. The fourth-order valence-electron chi connectivity index (χ4n) is 2.38. The molecule has 2 amide bonds. The van der Waals surface area contributed by atoms with E-state index in [1.807, 2.05) is 0 Å². The Balaban J connectivity index is 2.29. The highest BCUT2D eigenvalue weighted by Crippen LogP contribution is 2.34. The average molecular weight is 422 g/mol. The number of likely N-dealkylation sites (N-methyl/N-ethyl adjacent to an activating group) is 1. The monoisotopic (exact) mass is 421 g/mol. The molecule has 1 aromatic carbocycles. The van der Waals surface area contributed by atoms with Crippen molar-refractivity contribution < 1.29 is 27.6 Å². The van der Waals surface area contributed by atoms with E-state index in [0.717, 1.165) is 14.7 Å². The van der Waals surface area contributed by atoms with Crippen molar-refractivity contribution >= 4 is 39.2 Å². The number of nitrogens with zero attached hydrogens (tertiary/aromatic N) is 3. The normalized spacial score (nSPS) is 14.3. The fourth-order valence-corrected chi connectivity index (χ4v) is 2.92. The Hall–Kier alpha value is -1.94. The maximum atomic E-state index is 12.8. The molecule has 0 atom stereocenters. The molecular formula is C15H15BrF3N3O3. The Kier molecular flexibility index (Phi) is 5.52. The summed E-state index contributed by atoms with van der Waals surface area (Å²) in [6.45, 7) is -2.44. The predicted octanol–water partition coefficient (Wildman–Crippen LogP) is 1.89. The number of anilines is 1. The van der Waals surface area contributed by atoms with Crippen LogP contribution in [0.1, 0.15) is 10.4 Å². The van der Waals surface area contributed by atoms with Crippen LogP contribution in [0.2, 0.25) is 0 Å². The molecule has 0 saturated heterocycles. The minimum atomic E-state index is -4.56. The van der Waals surface area contributed by atoms with Crippen molar-refractivity contribution in [2.24, 2.45) is 0 Å². The van der Waals surface area contributed by atoms with E-state index in [-0.39, 0.29) is 11.3 Å². The van der Waals surface area contributed by atoms with Crippen molar-refractivity contribution in [3.05, 3.63) is 28.2 Å². The average Bonchev–Trinajstić information content (AvgIpc) is 2.71. The van der Waals surface area contributed by atoms with Gasteiger partial charge >= 0.3 is 12.1 Å². The van der Waals surface area contributed by atoms with Gasteiger partial charge in [-0.25, -0.2) is 0 Å². The lowest BCUT2D eigenvalue weighted by Gasteiger charge is -2.29. The lowest BCUT2D eigenvalue weighted by molar-refractivity contribution is -0.151. The molecule has 1 heterocycles. The second kappa shape index (κ2) is 7.12. The zero-order chi connectivity index (χ0) is 18.9. The topological polar surface area (TPSA) is 60.9 Å². The van der Waals surface area contributed by atoms with E-state index >= 15 is 0 Å². The van der Waals surface area contributed by atoms with Crippen molar-refractivity contribution in [2.75, 3.05) is 38.8 Å². The number of rotatable bonds is 5. The van der Waals surface area contributed by atoms with Gasteiger partial charge in [0.1, 0.15) is 0 Å². The number of ketones is 1. The summed E-state index contributed by atoms with van der Waals surface area (Å²) in [5.74, 6) is -2.27. The number of amides is 2. The first-order valence-corrected chi connectivity index (χ1v) is 7.94. The smallest absolute Gasteiger partial charge is 0.348 e. The SMILES string of the molecule is CN(C)C(=O)CN(CN1C(=O)C(=O)c2c(Br)cccc21)CC(F)(F)F. The molecule has 0 spiro atoms. The van der Waals surface area contributed by atoms with Crippen LogP contribution in [0.25, 0.3) is 0 Å². The molecule has 2 rings (SSSR count). The molecule has 0 bridgehead atoms. The maximum Gasteiger partial charge on any atom is 0.401 e. The number of carbonyl (C=O) groups excluding carboxylic acids is 3. The van der Waals surface area contributed by atoms with Gasteiger partial charge in [-0.2, -0.15) is 13.2 Å². The summed E-state index contributed by atoms with van der Waals surface area (Å²) in [4.78, 5) is 39.0. The van der Waals surface area contributed by atoms with Crippen LogP contribution in [0.5, 0.6) is 0 Å². The first-order valence-electron chi connectivity index (χ1n) is 7.15. The third kappa shape index (κ3) is 4.37. The molecule has 0 aromatic heterocycles. The van der Waals surface area contributed by atoms with E-state index in [1.54, 1.807) is 12.1 Å². The molecule has 25 heavy (non-hydrogen) atoms. The summed E-state index contributed by atoms with van der Waals surface area (Å²) in [7, 11) is 2.84. The number of carbonyl (C=O) groups is 3. The van der Waals surface area contributed by atoms with Gasteiger partial charge in [-0.05, 0) is 28.1 Å². The summed E-state index contributed by atoms with van der Waals surface area (Å²) in [5, 5.41) is 0. The molecule has 0 radical (unpaired) electrons. The van der Waals surface area contributed by atoms with Gasteiger partial charge in [0.25, 0.3) is 5.78 Å². The van der Waals surface area contributed by atoms with Crippen LogP contribution in [0.15, 0.2) is 22.7 Å². The van der Waals surface area contributed by atoms with Crippen molar-refractivity contribution in [2.45, 2.75) is 6.18 Å². The zero-order valence-corrected chi connectivity index (χ0v) is 15.0. The molecule has 0 saturated carbocycles. The Morgan fingerprint density at radius 2 is 1.88 bits per heavy atom. The molecule has 0 unspecified atom stereocenters. The van der Waals surface area contributed by atoms with Gasteiger partial charge in [-0.1, -0.05) is 6.07 Å². The summed E-state index contributed by atoms with van der Waals surface area (Å²) in [6.07, 6.45) is -4.56. The Labute approximate surface area is 150 Å². The Bertz CT molecular complexity index is 722. The first-order chi connectivity index (χ1) is 11.5. The molecule has 10 heteroatoms. The van der Waals surface area contributed by atoms with Crippen LogP contribution in [0.3, 0.4) is 0 Å². The summed E-state index contributed by atoms with van der Waals surface area (Å²) in [5.41, 5.74) is 0.326. The van der Waals surface area contributed by atoms with E-state index in [4.69, 9.17) is 0 Å². The molecular weight excluding hydrogens is 407 g/mol. The highest BCUT2D eigenvalue weighted by atomic mass is 79.9. The first kappa shape index (κ1) is 19.4. The number of hydrogen-bond acceptors (Lipinski definition) is 4. The second-order valence-corrected chi connectivity index (χ2v) is 6.58. The summed E-state index contributed by atoms with van der Waals surface area (Å²) in [6, 6.07) is 4.61. The Morgan fingerprint density at radius 3 is 2.44 bits per heavy atom. The van der Waals surface area contributed by atoms with Gasteiger partial charge in [0.2, 0.25) is 5.91 Å². The zero-order valence-electron chi connectivity index (χ0n) is 13.4. The minimum absolute atomic E-state index is 0.110. The third-order valence-corrected chi connectivity index (χ3v) is 4.21. The van der Waals surface area contributed by atoms with Crippen molar-refractivity contribution in [1.82, 2.24) is 9.80 Å². The maximum absolute atomic E-state index is 12.8. The molecule has 1 aliphatic heterocycles. The number of alkyl halides is 3. The molecule has 1 aliphatic rings. The van der Waals surface area contributed by atoms with Crippen LogP contribution in [0, 0.1) is 0 Å². The number of halogens is 4. The Morgan fingerprint density at radius 1 is 1.24 bits per heavy atom. The highest BCUT2D eigenvalue weighted by Gasteiger charge is 2.40. The minimum Gasteiger partial charge on any atom is -0.348 e. The highest BCUT2D eigenvalue weighted by molar-refractivity contribution is 9.10. The van der Waals surface area contributed by atoms with Crippen LogP contribution >= 0.6 is 15.9 Å². The lowest BCUT2D eigenvalue weighted by Crippen LogP contribution is -2.48. The number of hydrogen-bond donors (Lipinski definition) is 0. The quantitative estimate of drug-likeness (QED) is 0.681. The summed E-state index contributed by atoms with van der Waals surface area (Å²) >= 11 is 3.16. The van der Waals surface area contributed by atoms with Crippen LogP contribution < -0.4 is 4.90 Å². The number of fused-ring (bicyclic) bond motifs is 1. The van der Waals surface area contributed by atoms with Gasteiger partial charge < -0.3 is 4.90 Å². The van der Waals surface area contributed by atoms with Crippen molar-refractivity contribution in [3.63, 3.8) is 0 Å². The van der Waals surface area contributed by atoms with E-state index in [2.05, 4.69) is 15.9 Å². The van der Waals surface area contributed by atoms with Gasteiger partial charge in [0.05, 0.1) is 31.0 Å². The number of Topliss-reactive ketones (excluding diaryl/α,β-unsaturated/α-hetero) is 1. The van der Waals surface area contributed by atoms with E-state index in [1.165, 1.54) is 20.2 Å². The standard InChI is InChI=1S/C15H15BrF3N3O3/c1-20(2)11(23)6-21(7-15(17,18)19)8-22-10-5-3-4-9(16)12(10)13(24)14(22)25/h3-5H,6-8H2,1-2H3. The van der Waals surface area contributed by atoms with Gasteiger partial charge in [0.15, 0.2) is 0 Å². The molecule has 0 aliphatic carbocycles. The molecule has 6 nitrogen and oxygen atoms in total. The molecule has 136 valence electrons. The third-order valence-electron chi connectivity index (χ3n) is 3.55. The predicted molar refractivity (Wildman–Crippen MR) is 87.1 cm³/mol. The van der Waals surface area contributed by atoms with Gasteiger partial charge in [-0.15, -0.1) is 0 Å². The van der Waals surface area contributed by atoms with Crippen LogP contribution in [-0.2, 0) is 9.59 Å². The van der Waals surface area contributed by atoms with E-state index in [0.29, 0.717) is 4.47 Å². The van der Waals surface area contributed by atoms with Crippen LogP contribution in [0.4, 0.5) is 18.9 Å². The fraction of sp³-hybridized carbons (Fsp3) is 0.400.